The number of carboxylic acid groups (broad SMARTS) is 1. The first-order valence-electron chi connectivity index (χ1n) is 14.2. The minimum absolute atomic E-state index is 0.126. The van der Waals surface area contributed by atoms with Gasteiger partial charge in [0.15, 0.2) is 0 Å². The average molecular weight is 685 g/mol. The number of alkyl halides is 3. The molecule has 1 aliphatic heterocycles. The number of benzene rings is 1. The molecule has 1 unspecified atom stereocenters. The van der Waals surface area contributed by atoms with Crippen LogP contribution in [0.2, 0.25) is 0 Å². The van der Waals surface area contributed by atoms with Gasteiger partial charge in [0.2, 0.25) is 10.0 Å². The van der Waals surface area contributed by atoms with Crippen LogP contribution in [0.15, 0.2) is 47.3 Å². The number of hydrogen-bond donors (Lipinski definition) is 3. The highest BCUT2D eigenvalue weighted by Gasteiger charge is 2.38. The van der Waals surface area contributed by atoms with E-state index in [-0.39, 0.29) is 11.7 Å². The number of sulfonamides is 1. The normalized spacial score (nSPS) is 15.6. The Labute approximate surface area is 267 Å². The van der Waals surface area contributed by atoms with Crippen LogP contribution in [0.3, 0.4) is 0 Å². The average Bonchev–Trinajstić information content (AvgIpc) is 3.77. The third kappa shape index (κ3) is 8.14. The lowest BCUT2D eigenvalue weighted by Crippen LogP contribution is -2.38. The molecule has 1 fully saturated rings. The molecule has 4 N–H and O–H groups in total. The second kappa shape index (κ2) is 14.0. The number of aromatic amines is 1. The van der Waals surface area contributed by atoms with Crippen molar-refractivity contribution in [1.29, 1.82) is 0 Å². The zero-order valence-electron chi connectivity index (χ0n) is 24.9. The van der Waals surface area contributed by atoms with Gasteiger partial charge in [0.1, 0.15) is 0 Å². The van der Waals surface area contributed by atoms with Crippen LogP contribution in [0, 0.1) is 0 Å². The summed E-state index contributed by atoms with van der Waals surface area (Å²) in [6.07, 6.45) is -1.62. The second-order valence-corrected chi connectivity index (χ2v) is 15.1. The molecule has 4 heterocycles. The summed E-state index contributed by atoms with van der Waals surface area (Å²) in [5, 5.41) is 12.4. The maximum Gasteiger partial charge on any atom is 0.490 e. The van der Waals surface area contributed by atoms with Crippen LogP contribution < -0.4 is 5.73 Å². The van der Waals surface area contributed by atoms with Gasteiger partial charge in [-0.05, 0) is 91.4 Å². The number of H-pyrrole nitrogens is 1. The first-order chi connectivity index (χ1) is 21.1. The van der Waals surface area contributed by atoms with E-state index in [9.17, 15) is 26.4 Å². The molecule has 5 rings (SSSR count). The van der Waals surface area contributed by atoms with Crippen LogP contribution in [0.4, 0.5) is 13.2 Å². The summed E-state index contributed by atoms with van der Waals surface area (Å²) < 4.78 is 58.0. The monoisotopic (exact) mass is 684 g/mol. The number of carbonyl (C=O) groups excluding carboxylic acids is 1. The fourth-order valence-electron chi connectivity index (χ4n) is 5.32. The van der Waals surface area contributed by atoms with Crippen molar-refractivity contribution in [2.45, 2.75) is 51.4 Å². The molecule has 9 nitrogen and oxygen atoms in total. The molecule has 15 heteroatoms. The van der Waals surface area contributed by atoms with E-state index in [0.717, 1.165) is 47.0 Å². The third-order valence-electron chi connectivity index (χ3n) is 7.99. The number of primary amides is 1. The molecule has 1 aromatic carbocycles. The van der Waals surface area contributed by atoms with Crippen molar-refractivity contribution >= 4 is 55.5 Å². The predicted octanol–water partition coefficient (Wildman–Crippen LogP) is 6.41. The van der Waals surface area contributed by atoms with Crippen molar-refractivity contribution in [3.63, 3.8) is 0 Å². The quantitative estimate of drug-likeness (QED) is 0.186. The lowest BCUT2D eigenvalue weighted by atomic mass is 9.88. The molecule has 244 valence electrons. The van der Waals surface area contributed by atoms with Crippen molar-refractivity contribution in [3.8, 4) is 11.1 Å². The SMILES string of the molecule is CCS(=O)(=O)N1CCC(c2c[nH]c3c(C(N)=O)cc(-c4csc(CN(C)C(C)c5cccs5)c4)cc23)CC1.O=C(O)C(F)(F)F. The minimum atomic E-state index is -5.08. The van der Waals surface area contributed by atoms with Crippen LogP contribution in [-0.4, -0.2) is 71.7 Å². The number of carboxylic acids is 1. The van der Waals surface area contributed by atoms with Crippen LogP contribution in [-0.2, 0) is 21.4 Å². The van der Waals surface area contributed by atoms with Gasteiger partial charge >= 0.3 is 12.1 Å². The number of aliphatic carboxylic acids is 1. The van der Waals surface area contributed by atoms with E-state index in [4.69, 9.17) is 15.6 Å². The lowest BCUT2D eigenvalue weighted by molar-refractivity contribution is -0.192. The Bertz CT molecular complexity index is 1740. The number of hydrogen-bond acceptors (Lipinski definition) is 7. The molecule has 1 atom stereocenters. The van der Waals surface area contributed by atoms with Crippen molar-refractivity contribution in [2.75, 3.05) is 25.9 Å². The van der Waals surface area contributed by atoms with E-state index >= 15 is 0 Å². The van der Waals surface area contributed by atoms with Crippen molar-refractivity contribution in [1.82, 2.24) is 14.2 Å². The zero-order chi connectivity index (χ0) is 33.1. The number of piperidine rings is 1. The summed E-state index contributed by atoms with van der Waals surface area (Å²) in [6.45, 7) is 5.78. The molecule has 0 aliphatic carbocycles. The minimum Gasteiger partial charge on any atom is -0.475 e. The number of carbonyl (C=O) groups is 2. The number of rotatable bonds is 9. The molecule has 0 saturated carbocycles. The summed E-state index contributed by atoms with van der Waals surface area (Å²) in [7, 11) is -1.04. The molecule has 3 aromatic heterocycles. The van der Waals surface area contributed by atoms with Crippen LogP contribution in [0.1, 0.15) is 64.3 Å². The van der Waals surface area contributed by atoms with E-state index in [2.05, 4.69) is 58.9 Å². The number of halogens is 3. The fraction of sp³-hybridized carbons (Fsp3) is 0.400. The number of nitrogens with two attached hydrogens (primary N) is 1. The number of amides is 1. The highest BCUT2D eigenvalue weighted by molar-refractivity contribution is 7.89. The molecule has 45 heavy (non-hydrogen) atoms. The Balaban J connectivity index is 0.000000591. The van der Waals surface area contributed by atoms with Crippen LogP contribution >= 0.6 is 22.7 Å². The molecule has 0 bridgehead atoms. The number of thiophene rings is 2. The van der Waals surface area contributed by atoms with E-state index in [0.29, 0.717) is 24.7 Å². The summed E-state index contributed by atoms with van der Waals surface area (Å²) in [4.78, 5) is 29.6. The Morgan fingerprint density at radius 3 is 2.40 bits per heavy atom. The zero-order valence-corrected chi connectivity index (χ0v) is 27.4. The molecule has 1 aliphatic rings. The van der Waals surface area contributed by atoms with E-state index in [1.54, 1.807) is 33.9 Å². The van der Waals surface area contributed by atoms with Crippen molar-refractivity contribution in [2.24, 2.45) is 5.73 Å². The van der Waals surface area contributed by atoms with Gasteiger partial charge < -0.3 is 15.8 Å². The molecule has 0 radical (unpaired) electrons. The van der Waals surface area contributed by atoms with Gasteiger partial charge in [0.05, 0.1) is 16.8 Å². The van der Waals surface area contributed by atoms with Crippen LogP contribution in [0.25, 0.3) is 22.0 Å². The third-order valence-corrected chi connectivity index (χ3v) is 11.8. The topological polar surface area (TPSA) is 137 Å². The van der Waals surface area contributed by atoms with Gasteiger partial charge in [0.25, 0.3) is 5.91 Å². The number of fused-ring (bicyclic) bond motifs is 1. The number of nitrogens with one attached hydrogen (secondary N) is 1. The van der Waals surface area contributed by atoms with E-state index in [1.807, 2.05) is 12.3 Å². The van der Waals surface area contributed by atoms with Gasteiger partial charge in [-0.2, -0.15) is 13.2 Å². The summed E-state index contributed by atoms with van der Waals surface area (Å²) in [5.74, 6) is -2.88. The first kappa shape index (κ1) is 34.6. The largest absolute Gasteiger partial charge is 0.490 e. The van der Waals surface area contributed by atoms with Gasteiger partial charge in [-0.25, -0.2) is 17.5 Å². The van der Waals surface area contributed by atoms with Gasteiger partial charge in [-0.3, -0.25) is 9.69 Å². The standard InChI is InChI=1S/C28H34N4O3S3.C2HF3O2/c1-4-38(34,35)32-9-7-19(8-10-32)25-15-30-27-23(25)13-20(14-24(27)28(29)33)21-12-22(37-17-21)16-31(3)18(2)26-6-5-11-36-26;3-2(4,5)1(6)7/h5-6,11-15,17-19,30H,4,7-10,16H2,1-3H3,(H2,29,33);(H,6,7). The summed E-state index contributed by atoms with van der Waals surface area (Å²) >= 11 is 3.50. The molecule has 1 amide bonds. The molecule has 1 saturated heterocycles. The van der Waals surface area contributed by atoms with Gasteiger partial charge in [-0.15, -0.1) is 22.7 Å². The van der Waals surface area contributed by atoms with E-state index in [1.165, 1.54) is 9.75 Å². The predicted molar refractivity (Wildman–Crippen MR) is 171 cm³/mol. The maximum atomic E-state index is 12.4. The fourth-order valence-corrected chi connectivity index (χ4v) is 8.26. The van der Waals surface area contributed by atoms with Crippen molar-refractivity contribution in [3.05, 3.63) is 68.2 Å². The van der Waals surface area contributed by atoms with Crippen LogP contribution in [0.5, 0.6) is 0 Å². The Morgan fingerprint density at radius 1 is 1.18 bits per heavy atom. The molecule has 4 aromatic rings. The highest BCUT2D eigenvalue weighted by Crippen LogP contribution is 2.38. The summed E-state index contributed by atoms with van der Waals surface area (Å²) in [6, 6.07) is 10.8. The van der Waals surface area contributed by atoms with Gasteiger partial charge in [0, 0.05) is 47.0 Å². The summed E-state index contributed by atoms with van der Waals surface area (Å²) in [5.41, 5.74) is 10.2. The Kier molecular flexibility index (Phi) is 10.8. The molecule has 0 spiro atoms. The maximum absolute atomic E-state index is 12.4. The molecular weight excluding hydrogens is 650 g/mol. The highest BCUT2D eigenvalue weighted by atomic mass is 32.2. The molecular formula is C30H35F3N4O5S3. The van der Waals surface area contributed by atoms with E-state index < -0.39 is 28.1 Å². The Morgan fingerprint density at radius 2 is 1.84 bits per heavy atom. The smallest absolute Gasteiger partial charge is 0.475 e. The first-order valence-corrected chi connectivity index (χ1v) is 17.5. The lowest BCUT2D eigenvalue weighted by Gasteiger charge is -2.31. The van der Waals surface area contributed by atoms with Crippen molar-refractivity contribution < 1.29 is 36.3 Å². The van der Waals surface area contributed by atoms with Gasteiger partial charge in [-0.1, -0.05) is 6.07 Å². The Hall–Kier alpha value is -3.24. The number of nitrogens with zero attached hydrogens (tertiary/aromatic N) is 2. The number of aromatic nitrogens is 1. The second-order valence-electron chi connectivity index (χ2n) is 10.8.